The third-order valence-corrected chi connectivity index (χ3v) is 3.93. The van der Waals surface area contributed by atoms with Crippen molar-refractivity contribution in [2.75, 3.05) is 11.2 Å². The number of rotatable bonds is 5. The van der Waals surface area contributed by atoms with Crippen LogP contribution in [0.2, 0.25) is 0 Å². The molecule has 1 aromatic carbocycles. The third kappa shape index (κ3) is 2.85. The molecule has 0 atom stereocenters. The van der Waals surface area contributed by atoms with Crippen LogP contribution in [0.25, 0.3) is 0 Å². The van der Waals surface area contributed by atoms with Crippen molar-refractivity contribution in [3.63, 3.8) is 0 Å². The van der Waals surface area contributed by atoms with E-state index in [0.717, 1.165) is 18.5 Å². The molecule has 2 aromatic rings. The van der Waals surface area contributed by atoms with E-state index >= 15 is 0 Å². The number of carbonyl (C=O) groups excluding carboxylic acids is 1. The molecular formula is C15H16N4OS. The fourth-order valence-electron chi connectivity index (χ4n) is 2.24. The quantitative estimate of drug-likeness (QED) is 0.679. The number of thioether (sulfide) groups is 1. The Balaban J connectivity index is 2.12. The molecule has 3 rings (SSSR count). The molecule has 1 aliphatic carbocycles. The summed E-state index contributed by atoms with van der Waals surface area (Å²) in [5, 5.41) is 0.636. The number of anilines is 2. The second kappa shape index (κ2) is 5.73. The number of hydrogen-bond donors (Lipinski definition) is 1. The average Bonchev–Trinajstić information content (AvgIpc) is 3.33. The molecule has 1 saturated carbocycles. The molecule has 0 unspecified atom stereocenters. The van der Waals surface area contributed by atoms with Crippen molar-refractivity contribution in [3.05, 3.63) is 42.1 Å². The summed E-state index contributed by atoms with van der Waals surface area (Å²) in [6.45, 7) is 0. The van der Waals surface area contributed by atoms with Crippen LogP contribution in [0, 0.1) is 0 Å². The minimum atomic E-state index is -0.501. The number of benzene rings is 1. The van der Waals surface area contributed by atoms with Gasteiger partial charge in [-0.25, -0.2) is 9.97 Å². The van der Waals surface area contributed by atoms with Gasteiger partial charge < -0.3 is 10.6 Å². The van der Waals surface area contributed by atoms with Crippen LogP contribution >= 0.6 is 11.8 Å². The van der Waals surface area contributed by atoms with Crippen molar-refractivity contribution in [1.29, 1.82) is 0 Å². The van der Waals surface area contributed by atoms with Gasteiger partial charge in [-0.05, 0) is 31.2 Å². The third-order valence-electron chi connectivity index (χ3n) is 3.37. The van der Waals surface area contributed by atoms with Crippen LogP contribution in [0.15, 0.2) is 41.7 Å². The molecule has 0 aliphatic heterocycles. The summed E-state index contributed by atoms with van der Waals surface area (Å²) in [5.74, 6) is 0.106. The molecule has 1 aliphatic rings. The molecule has 1 amide bonds. The van der Waals surface area contributed by atoms with E-state index in [-0.39, 0.29) is 0 Å². The minimum absolute atomic E-state index is 0.364. The van der Waals surface area contributed by atoms with E-state index in [2.05, 4.69) is 14.9 Å². The van der Waals surface area contributed by atoms with Crippen molar-refractivity contribution in [2.24, 2.45) is 5.73 Å². The van der Waals surface area contributed by atoms with Crippen LogP contribution in [-0.2, 0) is 0 Å². The summed E-state index contributed by atoms with van der Waals surface area (Å²) in [5.41, 5.74) is 6.88. The van der Waals surface area contributed by atoms with Gasteiger partial charge in [0.15, 0.2) is 11.0 Å². The van der Waals surface area contributed by atoms with Gasteiger partial charge in [0, 0.05) is 17.9 Å². The normalized spacial score (nSPS) is 14.0. The fraction of sp³-hybridized carbons (Fsp3) is 0.267. The second-order valence-electron chi connectivity index (χ2n) is 4.89. The van der Waals surface area contributed by atoms with Crippen molar-refractivity contribution in [1.82, 2.24) is 9.97 Å². The maximum absolute atomic E-state index is 11.7. The van der Waals surface area contributed by atoms with Crippen molar-refractivity contribution in [3.8, 4) is 0 Å². The number of nitrogens with two attached hydrogens (primary N) is 1. The first kappa shape index (κ1) is 13.9. The van der Waals surface area contributed by atoms with Gasteiger partial charge in [0.25, 0.3) is 5.91 Å². The van der Waals surface area contributed by atoms with E-state index in [1.54, 1.807) is 0 Å². The zero-order valence-corrected chi connectivity index (χ0v) is 12.5. The first-order chi connectivity index (χ1) is 10.2. The highest BCUT2D eigenvalue weighted by atomic mass is 32.2. The molecule has 0 bridgehead atoms. The standard InChI is InChI=1S/C15H16N4OS/c1-21-15-17-9-12(13(16)20)14(18-15)19(11-7-8-11)10-5-3-2-4-6-10/h2-6,9,11H,7-8H2,1H3,(H2,16,20). The molecule has 0 spiro atoms. The first-order valence-corrected chi connectivity index (χ1v) is 7.98. The van der Waals surface area contributed by atoms with Gasteiger partial charge in [-0.3, -0.25) is 4.79 Å². The highest BCUT2D eigenvalue weighted by molar-refractivity contribution is 7.98. The van der Waals surface area contributed by atoms with Crippen LogP contribution in [-0.4, -0.2) is 28.2 Å². The lowest BCUT2D eigenvalue weighted by Gasteiger charge is -2.25. The Bertz CT molecular complexity index is 658. The van der Waals surface area contributed by atoms with Gasteiger partial charge in [-0.1, -0.05) is 30.0 Å². The summed E-state index contributed by atoms with van der Waals surface area (Å²) < 4.78 is 0. The molecule has 2 N–H and O–H groups in total. The van der Waals surface area contributed by atoms with E-state index in [0.29, 0.717) is 22.6 Å². The Kier molecular flexibility index (Phi) is 3.79. The van der Waals surface area contributed by atoms with Crippen LogP contribution in [0.1, 0.15) is 23.2 Å². The molecule has 6 heteroatoms. The molecule has 0 radical (unpaired) electrons. The lowest BCUT2D eigenvalue weighted by molar-refractivity contribution is 0.1000. The zero-order valence-electron chi connectivity index (χ0n) is 11.7. The van der Waals surface area contributed by atoms with E-state index in [1.165, 1.54) is 18.0 Å². The molecule has 21 heavy (non-hydrogen) atoms. The number of nitrogens with zero attached hydrogens (tertiary/aromatic N) is 3. The highest BCUT2D eigenvalue weighted by Gasteiger charge is 2.33. The SMILES string of the molecule is CSc1ncc(C(N)=O)c(N(c2ccccc2)C2CC2)n1. The smallest absolute Gasteiger partial charge is 0.254 e. The van der Waals surface area contributed by atoms with Gasteiger partial charge >= 0.3 is 0 Å². The first-order valence-electron chi connectivity index (χ1n) is 6.76. The van der Waals surface area contributed by atoms with Gasteiger partial charge in [0.1, 0.15) is 5.56 Å². The number of carbonyl (C=O) groups is 1. The average molecular weight is 300 g/mol. The molecule has 5 nitrogen and oxygen atoms in total. The lowest BCUT2D eigenvalue weighted by Crippen LogP contribution is -2.25. The monoisotopic (exact) mass is 300 g/mol. The van der Waals surface area contributed by atoms with Crippen LogP contribution in [0.4, 0.5) is 11.5 Å². The van der Waals surface area contributed by atoms with Crippen molar-refractivity contribution >= 4 is 29.2 Å². The van der Waals surface area contributed by atoms with E-state index in [1.807, 2.05) is 36.6 Å². The van der Waals surface area contributed by atoms with Gasteiger partial charge in [0.05, 0.1) is 0 Å². The van der Waals surface area contributed by atoms with Crippen molar-refractivity contribution < 1.29 is 4.79 Å². The van der Waals surface area contributed by atoms with Crippen LogP contribution in [0.5, 0.6) is 0 Å². The summed E-state index contributed by atoms with van der Waals surface area (Å²) in [7, 11) is 0. The van der Waals surface area contributed by atoms with Gasteiger partial charge in [-0.15, -0.1) is 0 Å². The van der Waals surface area contributed by atoms with Crippen LogP contribution < -0.4 is 10.6 Å². The maximum Gasteiger partial charge on any atom is 0.254 e. The lowest BCUT2D eigenvalue weighted by atomic mass is 10.2. The number of para-hydroxylation sites is 1. The second-order valence-corrected chi connectivity index (χ2v) is 5.67. The fourth-order valence-corrected chi connectivity index (χ4v) is 2.58. The summed E-state index contributed by atoms with van der Waals surface area (Å²) >= 11 is 1.45. The Morgan fingerprint density at radius 2 is 2.05 bits per heavy atom. The van der Waals surface area contributed by atoms with Gasteiger partial charge in [-0.2, -0.15) is 0 Å². The molecule has 0 saturated heterocycles. The molecule has 1 heterocycles. The number of hydrogen-bond acceptors (Lipinski definition) is 5. The number of primary amides is 1. The predicted octanol–water partition coefficient (Wildman–Crippen LogP) is 2.60. The predicted molar refractivity (Wildman–Crippen MR) is 83.9 cm³/mol. The summed E-state index contributed by atoms with van der Waals surface area (Å²) in [4.78, 5) is 22.5. The largest absolute Gasteiger partial charge is 0.365 e. The van der Waals surface area contributed by atoms with Crippen molar-refractivity contribution in [2.45, 2.75) is 24.0 Å². The Hall–Kier alpha value is -2.08. The minimum Gasteiger partial charge on any atom is -0.365 e. The Morgan fingerprint density at radius 1 is 1.33 bits per heavy atom. The highest BCUT2D eigenvalue weighted by Crippen LogP contribution is 2.38. The molecule has 108 valence electrons. The molecule has 1 aromatic heterocycles. The molecule has 1 fully saturated rings. The maximum atomic E-state index is 11.7. The van der Waals surface area contributed by atoms with Gasteiger partial charge in [0.2, 0.25) is 0 Å². The summed E-state index contributed by atoms with van der Waals surface area (Å²) in [6, 6.07) is 10.3. The summed E-state index contributed by atoms with van der Waals surface area (Å²) in [6.07, 6.45) is 5.61. The van der Waals surface area contributed by atoms with E-state index in [9.17, 15) is 4.79 Å². The van der Waals surface area contributed by atoms with Crippen LogP contribution in [0.3, 0.4) is 0 Å². The Labute approximate surface area is 127 Å². The topological polar surface area (TPSA) is 72.1 Å². The number of amides is 1. The Morgan fingerprint density at radius 3 is 2.62 bits per heavy atom. The molecular weight excluding hydrogens is 284 g/mol. The van der Waals surface area contributed by atoms with E-state index in [4.69, 9.17) is 5.73 Å². The zero-order chi connectivity index (χ0) is 14.8. The van der Waals surface area contributed by atoms with E-state index < -0.39 is 5.91 Å². The number of aromatic nitrogens is 2.